The number of carbonyl (C=O) groups excluding carboxylic acids is 1. The molecule has 5 aliphatic rings. The fraction of sp³-hybridized carbons (Fsp3) is 0.864. The maximum Gasteiger partial charge on any atom is 0.302 e. The second-order valence-electron chi connectivity index (χ2n) is 10.2. The Bertz CT molecular complexity index is 686. The van der Waals surface area contributed by atoms with Gasteiger partial charge in [-0.15, -0.1) is 0 Å². The van der Waals surface area contributed by atoms with E-state index in [0.29, 0.717) is 24.2 Å². The van der Waals surface area contributed by atoms with Gasteiger partial charge in [-0.2, -0.15) is 0 Å². The van der Waals surface area contributed by atoms with Gasteiger partial charge in [0.1, 0.15) is 6.10 Å². The number of alkyl halides is 2. The number of ether oxygens (including phenoxy) is 1. The first-order valence-electron chi connectivity index (χ1n) is 10.4. The lowest BCUT2D eigenvalue weighted by Gasteiger charge is -2.57. The van der Waals surface area contributed by atoms with Crippen molar-refractivity contribution in [3.63, 3.8) is 0 Å². The van der Waals surface area contributed by atoms with Crippen LogP contribution in [0.25, 0.3) is 0 Å². The van der Waals surface area contributed by atoms with Crippen LogP contribution in [0.1, 0.15) is 65.7 Å². The van der Waals surface area contributed by atoms with E-state index in [1.54, 1.807) is 0 Å². The van der Waals surface area contributed by atoms with E-state index in [0.717, 1.165) is 44.1 Å². The quantitative estimate of drug-likeness (QED) is 0.462. The summed E-state index contributed by atoms with van der Waals surface area (Å²) in [6.07, 6.45) is 9.02. The summed E-state index contributed by atoms with van der Waals surface area (Å²) in [5, 5.41) is 0. The molecule has 0 amide bonds. The van der Waals surface area contributed by atoms with Crippen molar-refractivity contribution in [2.75, 3.05) is 0 Å². The van der Waals surface area contributed by atoms with Gasteiger partial charge in [-0.1, -0.05) is 25.5 Å². The highest BCUT2D eigenvalue weighted by Gasteiger charge is 2.74. The zero-order chi connectivity index (χ0) is 18.5. The van der Waals surface area contributed by atoms with E-state index in [4.69, 9.17) is 4.74 Å². The van der Waals surface area contributed by atoms with Gasteiger partial charge in [0.2, 0.25) is 0 Å². The Morgan fingerprint density at radius 2 is 1.81 bits per heavy atom. The highest BCUT2D eigenvalue weighted by Crippen LogP contribution is 2.73. The molecule has 26 heavy (non-hydrogen) atoms. The molecule has 0 heterocycles. The summed E-state index contributed by atoms with van der Waals surface area (Å²) in [6.45, 7) is 6.09. The Morgan fingerprint density at radius 3 is 2.54 bits per heavy atom. The zero-order valence-corrected chi connectivity index (χ0v) is 16.1. The predicted molar refractivity (Wildman–Crippen MR) is 94.6 cm³/mol. The van der Waals surface area contributed by atoms with Gasteiger partial charge in [0.15, 0.2) is 0 Å². The molecule has 0 bridgehead atoms. The lowest BCUT2D eigenvalue weighted by molar-refractivity contribution is -0.156. The summed E-state index contributed by atoms with van der Waals surface area (Å²) in [5.74, 6) is -1.84. The van der Waals surface area contributed by atoms with Crippen LogP contribution in [0.4, 0.5) is 8.78 Å². The smallest absolute Gasteiger partial charge is 0.302 e. The average molecular weight is 364 g/mol. The number of hydrogen-bond donors (Lipinski definition) is 0. The minimum absolute atomic E-state index is 0.0348. The van der Waals surface area contributed by atoms with Gasteiger partial charge in [0, 0.05) is 18.3 Å². The highest BCUT2D eigenvalue weighted by molar-refractivity contribution is 5.66. The molecule has 5 rings (SSSR count). The van der Waals surface area contributed by atoms with Gasteiger partial charge in [0.25, 0.3) is 5.92 Å². The first kappa shape index (κ1) is 17.2. The summed E-state index contributed by atoms with van der Waals surface area (Å²) in [4.78, 5) is 11.5. The number of allylic oxidation sites excluding steroid dienone is 2. The van der Waals surface area contributed by atoms with Crippen LogP contribution in [0, 0.1) is 40.4 Å². The summed E-state index contributed by atoms with van der Waals surface area (Å²) < 4.78 is 34.1. The lowest BCUT2D eigenvalue weighted by atomic mass is 9.48. The standard InChI is InChI=1S/C22H30F2O2/c1-12(25)26-18-7-6-14-13-4-5-16-19-17(22(19,23)24)9-10-20(16,2)15(13)8-11-21(14,18)3/h5,13-15,17-19H,4,6-11H2,1-3H3/t13-,14-,15-,17+,18+,19+,20+,21-/m0/s1. The second-order valence-corrected chi connectivity index (χ2v) is 10.2. The van der Waals surface area contributed by atoms with Crippen molar-refractivity contribution >= 4 is 5.97 Å². The molecule has 5 aliphatic carbocycles. The number of halogens is 2. The van der Waals surface area contributed by atoms with E-state index in [-0.39, 0.29) is 28.8 Å². The summed E-state index contributed by atoms with van der Waals surface area (Å²) in [6, 6.07) is 0. The fourth-order valence-corrected chi connectivity index (χ4v) is 7.90. The van der Waals surface area contributed by atoms with Crippen LogP contribution < -0.4 is 0 Å². The molecular weight excluding hydrogens is 334 g/mol. The molecule has 0 aliphatic heterocycles. The largest absolute Gasteiger partial charge is 0.462 e. The molecule has 4 saturated carbocycles. The summed E-state index contributed by atoms with van der Waals surface area (Å²) >= 11 is 0. The number of carbonyl (C=O) groups is 1. The van der Waals surface area contributed by atoms with E-state index in [2.05, 4.69) is 19.9 Å². The normalized spacial score (nSPS) is 53.5. The third kappa shape index (κ3) is 1.99. The Morgan fingerprint density at radius 1 is 1.08 bits per heavy atom. The van der Waals surface area contributed by atoms with Gasteiger partial charge in [0.05, 0.1) is 5.92 Å². The van der Waals surface area contributed by atoms with Crippen LogP contribution in [0.5, 0.6) is 0 Å². The van der Waals surface area contributed by atoms with Crippen molar-refractivity contribution in [3.05, 3.63) is 11.6 Å². The number of fused-ring (bicyclic) bond motifs is 7. The van der Waals surface area contributed by atoms with Crippen molar-refractivity contribution in [1.82, 2.24) is 0 Å². The van der Waals surface area contributed by atoms with Crippen LogP contribution in [0.15, 0.2) is 11.6 Å². The molecule has 0 aromatic rings. The van der Waals surface area contributed by atoms with Crippen LogP contribution in [0.3, 0.4) is 0 Å². The zero-order valence-electron chi connectivity index (χ0n) is 16.1. The minimum atomic E-state index is -2.45. The van der Waals surface area contributed by atoms with E-state index < -0.39 is 11.8 Å². The molecule has 2 nitrogen and oxygen atoms in total. The molecule has 0 saturated heterocycles. The lowest BCUT2D eigenvalue weighted by Crippen LogP contribution is -2.51. The number of rotatable bonds is 1. The average Bonchev–Trinajstić information content (AvgIpc) is 2.96. The van der Waals surface area contributed by atoms with Crippen LogP contribution in [-0.4, -0.2) is 18.0 Å². The van der Waals surface area contributed by atoms with Crippen molar-refractivity contribution in [2.24, 2.45) is 40.4 Å². The SMILES string of the molecule is CC(=O)O[C@@H]1CC[C@H]2[C@@H]3CC=C4[C@@H]5[C@@H](CC[C@]4(C)[C@H]3CC[C@]12C)C5(F)F. The monoisotopic (exact) mass is 364 g/mol. The first-order chi connectivity index (χ1) is 12.2. The molecule has 4 fully saturated rings. The molecule has 0 N–H and O–H groups in total. The van der Waals surface area contributed by atoms with Crippen molar-refractivity contribution in [2.45, 2.75) is 77.7 Å². The van der Waals surface area contributed by atoms with Crippen molar-refractivity contribution in [3.8, 4) is 0 Å². The van der Waals surface area contributed by atoms with Gasteiger partial charge >= 0.3 is 5.97 Å². The molecule has 0 aromatic carbocycles. The van der Waals surface area contributed by atoms with Gasteiger partial charge in [-0.3, -0.25) is 4.79 Å². The van der Waals surface area contributed by atoms with Gasteiger partial charge in [-0.05, 0) is 68.1 Å². The first-order valence-corrected chi connectivity index (χ1v) is 10.4. The maximum absolute atomic E-state index is 14.2. The summed E-state index contributed by atoms with van der Waals surface area (Å²) in [7, 11) is 0. The maximum atomic E-state index is 14.2. The highest BCUT2D eigenvalue weighted by atomic mass is 19.3. The number of hydrogen-bond acceptors (Lipinski definition) is 2. The second kappa shape index (κ2) is 5.11. The Kier molecular flexibility index (Phi) is 3.38. The third-order valence-corrected chi connectivity index (χ3v) is 9.26. The van der Waals surface area contributed by atoms with Crippen molar-refractivity contribution in [1.29, 1.82) is 0 Å². The van der Waals surface area contributed by atoms with Crippen LogP contribution in [-0.2, 0) is 9.53 Å². The minimum Gasteiger partial charge on any atom is -0.462 e. The van der Waals surface area contributed by atoms with Crippen molar-refractivity contribution < 1.29 is 18.3 Å². The van der Waals surface area contributed by atoms with Crippen LogP contribution >= 0.6 is 0 Å². The van der Waals surface area contributed by atoms with Gasteiger partial charge < -0.3 is 4.74 Å². The molecule has 4 heteroatoms. The van der Waals surface area contributed by atoms with E-state index >= 15 is 0 Å². The summed E-state index contributed by atoms with van der Waals surface area (Å²) in [5.41, 5.74) is 1.12. The molecule has 0 spiro atoms. The predicted octanol–water partition coefficient (Wildman–Crippen LogP) is 5.37. The van der Waals surface area contributed by atoms with E-state index in [1.165, 1.54) is 6.92 Å². The van der Waals surface area contributed by atoms with Crippen LogP contribution in [0.2, 0.25) is 0 Å². The van der Waals surface area contributed by atoms with E-state index in [9.17, 15) is 13.6 Å². The van der Waals surface area contributed by atoms with E-state index in [1.807, 2.05) is 0 Å². The Balaban J connectivity index is 1.46. The Hall–Kier alpha value is -0.930. The third-order valence-electron chi connectivity index (χ3n) is 9.26. The fourth-order valence-electron chi connectivity index (χ4n) is 7.90. The topological polar surface area (TPSA) is 26.3 Å². The molecule has 144 valence electrons. The molecule has 0 unspecified atom stereocenters. The number of esters is 1. The molecule has 8 atom stereocenters. The van der Waals surface area contributed by atoms with Gasteiger partial charge in [-0.25, -0.2) is 8.78 Å². The Labute approximate surface area is 154 Å². The molecule has 0 radical (unpaired) electrons. The molecular formula is C22H30F2O2. The molecule has 0 aromatic heterocycles.